The normalized spacial score (nSPS) is 12.4. The predicted molar refractivity (Wildman–Crippen MR) is 86.5 cm³/mol. The fourth-order valence-electron chi connectivity index (χ4n) is 2.34. The second kappa shape index (κ2) is 6.76. The predicted octanol–water partition coefficient (Wildman–Crippen LogP) is 4.90. The summed E-state index contributed by atoms with van der Waals surface area (Å²) in [7, 11) is 0. The van der Waals surface area contributed by atoms with Gasteiger partial charge in [0.25, 0.3) is 0 Å². The Kier molecular flexibility index (Phi) is 5.02. The van der Waals surface area contributed by atoms with Gasteiger partial charge in [0.2, 0.25) is 0 Å². The molecule has 1 unspecified atom stereocenters. The van der Waals surface area contributed by atoms with E-state index in [2.05, 4.69) is 54.5 Å². The number of hydrogen-bond donors (Lipinski definition) is 1. The summed E-state index contributed by atoms with van der Waals surface area (Å²) in [5, 5.41) is 3.97. The van der Waals surface area contributed by atoms with Crippen molar-refractivity contribution in [2.75, 3.05) is 11.9 Å². The first-order valence-electron chi connectivity index (χ1n) is 6.99. The van der Waals surface area contributed by atoms with Gasteiger partial charge in [0.1, 0.15) is 0 Å². The van der Waals surface area contributed by atoms with Gasteiger partial charge in [-0.25, -0.2) is 4.98 Å². The zero-order valence-electron chi connectivity index (χ0n) is 12.2. The minimum atomic E-state index is 0.452. The van der Waals surface area contributed by atoms with Gasteiger partial charge in [0, 0.05) is 18.7 Å². The van der Waals surface area contributed by atoms with E-state index < -0.39 is 0 Å². The molecule has 0 aliphatic rings. The van der Waals surface area contributed by atoms with Crippen LogP contribution in [0.5, 0.6) is 0 Å². The number of aromatic nitrogens is 1. The number of benzene rings is 1. The summed E-state index contributed by atoms with van der Waals surface area (Å²) >= 11 is 6.13. The molecular formula is C17H21ClN2. The van der Waals surface area contributed by atoms with Crippen LogP contribution >= 0.6 is 11.6 Å². The van der Waals surface area contributed by atoms with Crippen LogP contribution in [-0.2, 0) is 0 Å². The fraction of sp³-hybridized carbons (Fsp3) is 0.353. The maximum absolute atomic E-state index is 6.13. The highest BCUT2D eigenvalue weighted by Gasteiger charge is 2.16. The van der Waals surface area contributed by atoms with Crippen LogP contribution in [0.1, 0.15) is 30.9 Å². The molecule has 106 valence electrons. The molecule has 0 aliphatic carbocycles. The Bertz CT molecular complexity index is 552. The standard InChI is InChI=1S/C17H21ClN2/c1-12(2)15(14-7-5-4-6-8-14)11-19-16-9-13(3)10-20-17(16)18/h4-10,12,15,19H,11H2,1-3H3. The molecule has 2 rings (SSSR count). The van der Waals surface area contributed by atoms with Crippen molar-refractivity contribution < 1.29 is 0 Å². The Balaban J connectivity index is 2.12. The van der Waals surface area contributed by atoms with E-state index in [9.17, 15) is 0 Å². The highest BCUT2D eigenvalue weighted by Crippen LogP contribution is 2.26. The van der Waals surface area contributed by atoms with Crippen LogP contribution in [-0.4, -0.2) is 11.5 Å². The van der Waals surface area contributed by atoms with E-state index in [0.717, 1.165) is 17.8 Å². The van der Waals surface area contributed by atoms with E-state index >= 15 is 0 Å². The van der Waals surface area contributed by atoms with E-state index in [1.165, 1.54) is 5.56 Å². The third-order valence-electron chi connectivity index (χ3n) is 3.52. The van der Waals surface area contributed by atoms with Gasteiger partial charge in [-0.2, -0.15) is 0 Å². The topological polar surface area (TPSA) is 24.9 Å². The molecule has 2 nitrogen and oxygen atoms in total. The molecule has 2 aromatic rings. The lowest BCUT2D eigenvalue weighted by Gasteiger charge is -2.22. The first kappa shape index (κ1) is 14.9. The van der Waals surface area contributed by atoms with Crippen molar-refractivity contribution in [2.24, 2.45) is 5.92 Å². The van der Waals surface area contributed by atoms with Crippen molar-refractivity contribution in [3.63, 3.8) is 0 Å². The van der Waals surface area contributed by atoms with Crippen LogP contribution in [0.4, 0.5) is 5.69 Å². The monoisotopic (exact) mass is 288 g/mol. The van der Waals surface area contributed by atoms with Crippen molar-refractivity contribution in [1.82, 2.24) is 4.98 Å². The Hall–Kier alpha value is -1.54. The maximum Gasteiger partial charge on any atom is 0.152 e. The van der Waals surface area contributed by atoms with Crippen molar-refractivity contribution in [2.45, 2.75) is 26.7 Å². The number of hydrogen-bond acceptors (Lipinski definition) is 2. The Morgan fingerprint density at radius 1 is 1.20 bits per heavy atom. The van der Waals surface area contributed by atoms with Gasteiger partial charge < -0.3 is 5.32 Å². The van der Waals surface area contributed by atoms with E-state index in [0.29, 0.717) is 17.0 Å². The molecule has 1 aromatic carbocycles. The van der Waals surface area contributed by atoms with Gasteiger partial charge in [-0.15, -0.1) is 0 Å². The van der Waals surface area contributed by atoms with E-state index in [4.69, 9.17) is 11.6 Å². The third-order valence-corrected chi connectivity index (χ3v) is 3.82. The van der Waals surface area contributed by atoms with Crippen LogP contribution in [0.25, 0.3) is 0 Å². The molecule has 20 heavy (non-hydrogen) atoms. The zero-order valence-corrected chi connectivity index (χ0v) is 13.0. The second-order valence-corrected chi connectivity index (χ2v) is 5.85. The lowest BCUT2D eigenvalue weighted by atomic mass is 9.88. The van der Waals surface area contributed by atoms with Gasteiger partial charge in [-0.3, -0.25) is 0 Å². The lowest BCUT2D eigenvalue weighted by Crippen LogP contribution is -2.18. The largest absolute Gasteiger partial charge is 0.382 e. The maximum atomic E-state index is 6.13. The number of nitrogens with zero attached hydrogens (tertiary/aromatic N) is 1. The Morgan fingerprint density at radius 2 is 1.90 bits per heavy atom. The number of rotatable bonds is 5. The lowest BCUT2D eigenvalue weighted by molar-refractivity contribution is 0.517. The second-order valence-electron chi connectivity index (χ2n) is 5.49. The minimum Gasteiger partial charge on any atom is -0.382 e. The number of pyridine rings is 1. The van der Waals surface area contributed by atoms with E-state index in [-0.39, 0.29) is 0 Å². The summed E-state index contributed by atoms with van der Waals surface area (Å²) in [6, 6.07) is 12.6. The zero-order chi connectivity index (χ0) is 14.5. The fourth-order valence-corrected chi connectivity index (χ4v) is 2.51. The number of aryl methyl sites for hydroxylation is 1. The Morgan fingerprint density at radius 3 is 2.55 bits per heavy atom. The summed E-state index contributed by atoms with van der Waals surface area (Å²) in [5.41, 5.74) is 3.37. The third kappa shape index (κ3) is 3.73. The molecule has 0 aliphatic heterocycles. The number of halogens is 1. The summed E-state index contributed by atoms with van der Waals surface area (Å²) in [6.45, 7) is 7.36. The number of nitrogens with one attached hydrogen (secondary N) is 1. The molecule has 1 atom stereocenters. The first-order chi connectivity index (χ1) is 9.58. The summed E-state index contributed by atoms with van der Waals surface area (Å²) in [6.07, 6.45) is 1.78. The van der Waals surface area contributed by atoms with Crippen molar-refractivity contribution >= 4 is 17.3 Å². The van der Waals surface area contributed by atoms with E-state index in [1.807, 2.05) is 13.0 Å². The Labute approximate surface area is 126 Å². The molecule has 3 heteroatoms. The van der Waals surface area contributed by atoms with Crippen LogP contribution in [0.15, 0.2) is 42.6 Å². The summed E-state index contributed by atoms with van der Waals surface area (Å²) in [5.74, 6) is 1.01. The molecule has 0 amide bonds. The van der Waals surface area contributed by atoms with Gasteiger partial charge in [-0.1, -0.05) is 55.8 Å². The van der Waals surface area contributed by atoms with Gasteiger partial charge in [0.15, 0.2) is 5.15 Å². The molecule has 0 radical (unpaired) electrons. The molecular weight excluding hydrogens is 268 g/mol. The van der Waals surface area contributed by atoms with Gasteiger partial charge in [-0.05, 0) is 30.0 Å². The quantitative estimate of drug-likeness (QED) is 0.792. The molecule has 0 fully saturated rings. The molecule has 0 saturated heterocycles. The average Bonchev–Trinajstić information content (AvgIpc) is 2.43. The number of anilines is 1. The van der Waals surface area contributed by atoms with Crippen LogP contribution < -0.4 is 5.32 Å². The molecule has 0 saturated carbocycles. The van der Waals surface area contributed by atoms with Gasteiger partial charge in [0.05, 0.1) is 5.69 Å². The smallest absolute Gasteiger partial charge is 0.152 e. The summed E-state index contributed by atoms with van der Waals surface area (Å²) in [4.78, 5) is 4.18. The van der Waals surface area contributed by atoms with Crippen molar-refractivity contribution in [3.05, 3.63) is 58.9 Å². The SMILES string of the molecule is Cc1cnc(Cl)c(NCC(c2ccccc2)C(C)C)c1. The van der Waals surface area contributed by atoms with Crippen molar-refractivity contribution in [3.8, 4) is 0 Å². The molecule has 1 N–H and O–H groups in total. The van der Waals surface area contributed by atoms with Crippen LogP contribution in [0.3, 0.4) is 0 Å². The van der Waals surface area contributed by atoms with Crippen molar-refractivity contribution in [1.29, 1.82) is 0 Å². The van der Waals surface area contributed by atoms with Gasteiger partial charge >= 0.3 is 0 Å². The summed E-state index contributed by atoms with van der Waals surface area (Å²) < 4.78 is 0. The van der Waals surface area contributed by atoms with E-state index in [1.54, 1.807) is 6.20 Å². The highest BCUT2D eigenvalue weighted by molar-refractivity contribution is 6.31. The van der Waals surface area contributed by atoms with Crippen LogP contribution in [0, 0.1) is 12.8 Å². The molecule has 1 aromatic heterocycles. The van der Waals surface area contributed by atoms with Crippen LogP contribution in [0.2, 0.25) is 5.15 Å². The highest BCUT2D eigenvalue weighted by atomic mass is 35.5. The minimum absolute atomic E-state index is 0.452. The first-order valence-corrected chi connectivity index (χ1v) is 7.36. The average molecular weight is 289 g/mol. The molecule has 1 heterocycles. The molecule has 0 spiro atoms. The molecule has 0 bridgehead atoms.